The average molecular weight is 425 g/mol. The van der Waals surface area contributed by atoms with Gasteiger partial charge < -0.3 is 24.2 Å². The van der Waals surface area contributed by atoms with E-state index >= 15 is 0 Å². The van der Waals surface area contributed by atoms with Gasteiger partial charge in [0.15, 0.2) is 17.3 Å². The third-order valence-electron chi connectivity index (χ3n) is 4.70. The predicted octanol–water partition coefficient (Wildman–Crippen LogP) is 3.41. The van der Waals surface area contributed by atoms with Crippen molar-refractivity contribution in [3.63, 3.8) is 0 Å². The summed E-state index contributed by atoms with van der Waals surface area (Å²) in [5.74, 6) is 2.32. The molecule has 3 rings (SSSR count). The number of methoxy groups -OCH3 is 2. The lowest BCUT2D eigenvalue weighted by atomic mass is 10.2. The second-order valence-electron chi connectivity index (χ2n) is 6.94. The van der Waals surface area contributed by atoms with Gasteiger partial charge in [-0.1, -0.05) is 12.1 Å². The fourth-order valence-electron chi connectivity index (χ4n) is 3.24. The number of aromatic nitrogens is 2. The Balaban J connectivity index is 1.94. The molecule has 1 N–H and O–H groups in total. The first-order chi connectivity index (χ1) is 15.1. The van der Waals surface area contributed by atoms with E-state index in [1.54, 1.807) is 14.2 Å². The van der Waals surface area contributed by atoms with Crippen LogP contribution in [0.4, 0.5) is 11.5 Å². The Kier molecular flexibility index (Phi) is 7.75. The number of nitrogens with zero attached hydrogens (tertiary/aromatic N) is 3. The van der Waals surface area contributed by atoms with Crippen molar-refractivity contribution < 1.29 is 24.1 Å². The quantitative estimate of drug-likeness (QED) is 0.369. The topological polar surface area (TPSA) is 94.0 Å². The molecule has 0 saturated carbocycles. The number of aliphatic hydroxyl groups is 1. The third kappa shape index (κ3) is 5.48. The molecule has 0 bridgehead atoms. The Morgan fingerprint density at radius 1 is 1.10 bits per heavy atom. The number of ketones is 1. The van der Waals surface area contributed by atoms with Crippen molar-refractivity contribution in [1.82, 2.24) is 9.97 Å². The number of hydrogen-bond donors (Lipinski definition) is 1. The molecule has 3 aromatic rings. The number of aliphatic hydroxyl groups excluding tert-OH is 1. The molecule has 0 aliphatic rings. The minimum atomic E-state index is -0.447. The van der Waals surface area contributed by atoms with Crippen LogP contribution in [0.15, 0.2) is 42.5 Å². The number of carbonyl (C=O) groups is 1. The zero-order valence-corrected chi connectivity index (χ0v) is 18.0. The summed E-state index contributed by atoms with van der Waals surface area (Å²) in [6, 6.07) is 13.4. The van der Waals surface area contributed by atoms with Crippen LogP contribution in [0.1, 0.15) is 18.7 Å². The van der Waals surface area contributed by atoms with Crippen LogP contribution in [0.2, 0.25) is 0 Å². The van der Waals surface area contributed by atoms with Gasteiger partial charge in [-0.15, -0.1) is 0 Å². The van der Waals surface area contributed by atoms with Crippen molar-refractivity contribution in [2.75, 3.05) is 39.1 Å². The summed E-state index contributed by atoms with van der Waals surface area (Å²) in [4.78, 5) is 22.4. The van der Waals surface area contributed by atoms with Gasteiger partial charge >= 0.3 is 0 Å². The minimum Gasteiger partial charge on any atom is -0.493 e. The first kappa shape index (κ1) is 22.5. The summed E-state index contributed by atoms with van der Waals surface area (Å²) in [6.07, 6.45) is 0.769. The summed E-state index contributed by atoms with van der Waals surface area (Å²) >= 11 is 0. The van der Waals surface area contributed by atoms with Gasteiger partial charge in [-0.25, -0.2) is 9.97 Å². The number of aryl methyl sites for hydroxylation is 1. The second kappa shape index (κ2) is 10.7. The maximum Gasteiger partial charge on any atom is 0.163 e. The fraction of sp³-hybridized carbons (Fsp3) is 0.348. The van der Waals surface area contributed by atoms with E-state index in [0.717, 1.165) is 22.4 Å². The summed E-state index contributed by atoms with van der Waals surface area (Å²) in [5, 5.41) is 9.75. The van der Waals surface area contributed by atoms with E-state index in [2.05, 4.69) is 9.97 Å². The molecule has 0 unspecified atom stereocenters. The molecule has 0 fully saturated rings. The van der Waals surface area contributed by atoms with Crippen LogP contribution < -0.4 is 14.4 Å². The maximum absolute atomic E-state index is 11.3. The van der Waals surface area contributed by atoms with Crippen molar-refractivity contribution in [2.45, 2.75) is 19.8 Å². The molecule has 1 aromatic heterocycles. The summed E-state index contributed by atoms with van der Waals surface area (Å²) in [6.45, 7) is 2.01. The number of fused-ring (bicyclic) bond motifs is 1. The Labute approximate surface area is 181 Å². The van der Waals surface area contributed by atoms with E-state index in [9.17, 15) is 4.79 Å². The summed E-state index contributed by atoms with van der Waals surface area (Å²) in [7, 11) is 3.20. The smallest absolute Gasteiger partial charge is 0.163 e. The molecule has 0 radical (unpaired) electrons. The average Bonchev–Trinajstić information content (AvgIpc) is 2.79. The van der Waals surface area contributed by atoms with Crippen molar-refractivity contribution in [3.8, 4) is 11.5 Å². The normalized spacial score (nSPS) is 10.8. The van der Waals surface area contributed by atoms with E-state index in [1.807, 2.05) is 54.3 Å². The number of rotatable bonds is 11. The van der Waals surface area contributed by atoms with E-state index < -0.39 is 6.61 Å². The third-order valence-corrected chi connectivity index (χ3v) is 4.70. The number of Topliss-reactive ketones (excluding diaryl/α,β-unsaturated/α-hetero) is 1. The van der Waals surface area contributed by atoms with Gasteiger partial charge in [0.1, 0.15) is 25.0 Å². The van der Waals surface area contributed by atoms with Crippen LogP contribution in [0.5, 0.6) is 11.5 Å². The molecule has 0 saturated heterocycles. The molecule has 0 atom stereocenters. The fourth-order valence-corrected chi connectivity index (χ4v) is 3.24. The molecule has 164 valence electrons. The lowest BCUT2D eigenvalue weighted by Crippen LogP contribution is -2.22. The van der Waals surface area contributed by atoms with Crippen LogP contribution in [0.3, 0.4) is 0 Å². The number of ether oxygens (including phenoxy) is 3. The molecule has 0 amide bonds. The highest BCUT2D eigenvalue weighted by molar-refractivity contribution is 5.91. The maximum atomic E-state index is 11.3. The van der Waals surface area contributed by atoms with E-state index in [4.69, 9.17) is 19.3 Å². The molecule has 0 aliphatic carbocycles. The van der Waals surface area contributed by atoms with E-state index in [-0.39, 0.29) is 18.9 Å². The van der Waals surface area contributed by atoms with Crippen molar-refractivity contribution in [2.24, 2.45) is 0 Å². The van der Waals surface area contributed by atoms with Crippen LogP contribution in [-0.4, -0.2) is 55.0 Å². The Bertz CT molecular complexity index is 1040. The lowest BCUT2D eigenvalue weighted by molar-refractivity contribution is -0.121. The van der Waals surface area contributed by atoms with Gasteiger partial charge in [-0.05, 0) is 37.6 Å². The summed E-state index contributed by atoms with van der Waals surface area (Å²) < 4.78 is 16.8. The highest BCUT2D eigenvalue weighted by atomic mass is 16.5. The minimum absolute atomic E-state index is 0.207. The Morgan fingerprint density at radius 3 is 2.65 bits per heavy atom. The first-order valence-corrected chi connectivity index (χ1v) is 10.0. The van der Waals surface area contributed by atoms with Gasteiger partial charge in [-0.2, -0.15) is 0 Å². The molecule has 0 spiro atoms. The Morgan fingerprint density at radius 2 is 1.90 bits per heavy atom. The zero-order chi connectivity index (χ0) is 22.2. The highest BCUT2D eigenvalue weighted by Gasteiger charge is 2.18. The monoisotopic (exact) mass is 425 g/mol. The van der Waals surface area contributed by atoms with Gasteiger partial charge in [0.2, 0.25) is 0 Å². The summed E-state index contributed by atoms with van der Waals surface area (Å²) in [5.41, 5.74) is 1.66. The van der Waals surface area contributed by atoms with Crippen molar-refractivity contribution in [3.05, 3.63) is 48.3 Å². The van der Waals surface area contributed by atoms with Crippen LogP contribution >= 0.6 is 0 Å². The SMILES string of the molecule is COCN(c1ccc(OC)c(OCCCC(=O)CO)c1)c1nc(C)nc2ccccc12. The van der Waals surface area contributed by atoms with Crippen LogP contribution in [0.25, 0.3) is 10.9 Å². The van der Waals surface area contributed by atoms with E-state index in [1.165, 1.54) is 0 Å². The number of benzene rings is 2. The molecule has 0 aliphatic heterocycles. The number of para-hydroxylation sites is 1. The molecule has 8 nitrogen and oxygen atoms in total. The van der Waals surface area contributed by atoms with Crippen LogP contribution in [-0.2, 0) is 9.53 Å². The van der Waals surface area contributed by atoms with Crippen molar-refractivity contribution >= 4 is 28.2 Å². The lowest BCUT2D eigenvalue weighted by Gasteiger charge is -2.25. The van der Waals surface area contributed by atoms with Gasteiger partial charge in [0, 0.05) is 30.7 Å². The molecular formula is C23H27N3O5. The van der Waals surface area contributed by atoms with Gasteiger partial charge in [0.25, 0.3) is 0 Å². The molecular weight excluding hydrogens is 398 g/mol. The van der Waals surface area contributed by atoms with Crippen LogP contribution in [0, 0.1) is 6.92 Å². The molecule has 1 heterocycles. The molecule has 2 aromatic carbocycles. The first-order valence-electron chi connectivity index (χ1n) is 10.0. The molecule has 8 heteroatoms. The van der Waals surface area contributed by atoms with Crippen molar-refractivity contribution in [1.29, 1.82) is 0 Å². The van der Waals surface area contributed by atoms with Gasteiger partial charge in [0.05, 0.1) is 19.2 Å². The predicted molar refractivity (Wildman–Crippen MR) is 118 cm³/mol. The highest BCUT2D eigenvalue weighted by Crippen LogP contribution is 2.36. The van der Waals surface area contributed by atoms with E-state index in [0.29, 0.717) is 30.4 Å². The number of hydrogen-bond acceptors (Lipinski definition) is 8. The second-order valence-corrected chi connectivity index (χ2v) is 6.94. The number of carbonyl (C=O) groups excluding carboxylic acids is 1. The number of anilines is 2. The standard InChI is InChI=1S/C23H27N3O5/c1-16-24-20-9-5-4-8-19(20)23(25-16)26(15-29-2)17-10-11-21(30-3)22(13-17)31-12-6-7-18(28)14-27/h4-5,8-11,13,27H,6-7,12,14-15H2,1-3H3. The zero-order valence-electron chi connectivity index (χ0n) is 18.0. The largest absolute Gasteiger partial charge is 0.493 e. The van der Waals surface area contributed by atoms with Gasteiger partial charge in [-0.3, -0.25) is 4.79 Å². The molecule has 31 heavy (non-hydrogen) atoms. The Hall–Kier alpha value is -3.23.